The maximum atomic E-state index is 9.70. The highest BCUT2D eigenvalue weighted by molar-refractivity contribution is 5.88. The van der Waals surface area contributed by atoms with Gasteiger partial charge in [-0.2, -0.15) is 5.26 Å². The molecule has 0 N–H and O–H groups in total. The van der Waals surface area contributed by atoms with Crippen LogP contribution in [0.25, 0.3) is 89.6 Å². The molecule has 268 valence electrons. The van der Waals surface area contributed by atoms with E-state index < -0.39 is 0 Å². The third-order valence-electron chi connectivity index (χ3n) is 11.2. The van der Waals surface area contributed by atoms with Crippen molar-refractivity contribution in [2.45, 2.75) is 19.3 Å². The molecule has 0 amide bonds. The number of pyridine rings is 1. The lowest BCUT2D eigenvalue weighted by atomic mass is 9.81. The summed E-state index contributed by atoms with van der Waals surface area (Å²) in [5.74, 6) is 1.79. The zero-order valence-electron chi connectivity index (χ0n) is 31.5. The minimum atomic E-state index is -0.278. The lowest BCUT2D eigenvalue weighted by Gasteiger charge is -2.22. The summed E-state index contributed by atoms with van der Waals surface area (Å²) in [7, 11) is 0. The molecule has 0 radical (unpaired) electrons. The van der Waals surface area contributed by atoms with E-state index in [2.05, 4.69) is 123 Å². The second kappa shape index (κ2) is 13.6. The van der Waals surface area contributed by atoms with Gasteiger partial charge in [0.25, 0.3) is 0 Å². The molecule has 5 heteroatoms. The van der Waals surface area contributed by atoms with Crippen LogP contribution in [-0.4, -0.2) is 19.9 Å². The molecule has 57 heavy (non-hydrogen) atoms. The molecular formula is C52H35N5. The van der Waals surface area contributed by atoms with Crippen molar-refractivity contribution in [3.63, 3.8) is 0 Å². The standard InChI is InChI=1S/C52H35N5/c1-52(2)46-25-33(31-53)17-23-44(46)45-24-22-38(30-47(45)52)40-27-41(43-26-39-15-9-10-16-48(39)54-32-43)29-42(28-40)51-56-49(36-13-7-4-8-14-36)55-50(57-51)37-20-18-35(19-21-37)34-11-5-3-6-12-34/h3-30,32H,1-2H3. The zero-order chi connectivity index (χ0) is 38.5. The SMILES string of the molecule is CC1(C)c2cc(C#N)ccc2-c2ccc(-c3cc(-c4cnc5ccccc5c4)cc(-c4nc(-c5ccccc5)nc(-c5ccc(-c6ccccc6)cc5)n4)c3)cc21. The second-order valence-corrected chi connectivity index (χ2v) is 15.1. The van der Waals surface area contributed by atoms with E-state index >= 15 is 0 Å². The molecule has 0 bridgehead atoms. The fraction of sp³-hybridized carbons (Fsp3) is 0.0577. The summed E-state index contributed by atoms with van der Waals surface area (Å²) in [6.45, 7) is 4.49. The molecule has 0 spiro atoms. The van der Waals surface area contributed by atoms with Crippen molar-refractivity contribution in [2.24, 2.45) is 0 Å². The lowest BCUT2D eigenvalue weighted by molar-refractivity contribution is 0.660. The van der Waals surface area contributed by atoms with Crippen molar-refractivity contribution in [3.05, 3.63) is 193 Å². The van der Waals surface area contributed by atoms with E-state index in [-0.39, 0.29) is 5.41 Å². The monoisotopic (exact) mass is 729 g/mol. The summed E-state index contributed by atoms with van der Waals surface area (Å²) >= 11 is 0. The second-order valence-electron chi connectivity index (χ2n) is 15.1. The Bertz CT molecular complexity index is 3040. The van der Waals surface area contributed by atoms with Crippen molar-refractivity contribution in [2.75, 3.05) is 0 Å². The van der Waals surface area contributed by atoms with Crippen LogP contribution in [0.1, 0.15) is 30.5 Å². The van der Waals surface area contributed by atoms with Crippen molar-refractivity contribution < 1.29 is 0 Å². The summed E-state index contributed by atoms with van der Waals surface area (Å²) in [5.41, 5.74) is 15.3. The minimum Gasteiger partial charge on any atom is -0.256 e. The summed E-state index contributed by atoms with van der Waals surface area (Å²) in [5, 5.41) is 10.8. The fourth-order valence-corrected chi connectivity index (χ4v) is 8.10. The van der Waals surface area contributed by atoms with E-state index in [4.69, 9.17) is 19.9 Å². The molecule has 1 aliphatic rings. The first-order valence-electron chi connectivity index (χ1n) is 19.1. The van der Waals surface area contributed by atoms with Crippen molar-refractivity contribution in [1.29, 1.82) is 5.26 Å². The largest absolute Gasteiger partial charge is 0.256 e. The van der Waals surface area contributed by atoms with E-state index in [0.29, 0.717) is 23.0 Å². The summed E-state index contributed by atoms with van der Waals surface area (Å²) in [4.78, 5) is 20.2. The Morgan fingerprint density at radius 1 is 0.421 bits per heavy atom. The van der Waals surface area contributed by atoms with Crippen LogP contribution in [0.4, 0.5) is 0 Å². The van der Waals surface area contributed by atoms with Crippen LogP contribution in [0, 0.1) is 11.3 Å². The number of hydrogen-bond donors (Lipinski definition) is 0. The fourth-order valence-electron chi connectivity index (χ4n) is 8.10. The predicted octanol–water partition coefficient (Wildman–Crippen LogP) is 12.6. The van der Waals surface area contributed by atoms with Gasteiger partial charge in [0, 0.05) is 39.3 Å². The predicted molar refractivity (Wildman–Crippen MR) is 230 cm³/mol. The minimum absolute atomic E-state index is 0.278. The van der Waals surface area contributed by atoms with Crippen LogP contribution < -0.4 is 0 Å². The van der Waals surface area contributed by atoms with Gasteiger partial charge in [-0.05, 0) is 98.6 Å². The highest BCUT2D eigenvalue weighted by Crippen LogP contribution is 2.50. The van der Waals surface area contributed by atoms with Crippen LogP contribution in [0.5, 0.6) is 0 Å². The van der Waals surface area contributed by atoms with E-state index in [1.54, 1.807) is 0 Å². The number of para-hydroxylation sites is 1. The maximum absolute atomic E-state index is 9.70. The van der Waals surface area contributed by atoms with Gasteiger partial charge in [-0.25, -0.2) is 15.0 Å². The van der Waals surface area contributed by atoms with Crippen LogP contribution in [0.15, 0.2) is 176 Å². The highest BCUT2D eigenvalue weighted by atomic mass is 15.0. The molecule has 2 heterocycles. The van der Waals surface area contributed by atoms with Crippen LogP contribution >= 0.6 is 0 Å². The average molecular weight is 730 g/mol. The molecule has 0 saturated heterocycles. The molecule has 0 fully saturated rings. The van der Waals surface area contributed by atoms with Crippen molar-refractivity contribution in [3.8, 4) is 84.7 Å². The third kappa shape index (κ3) is 6.14. The van der Waals surface area contributed by atoms with Gasteiger partial charge in [0.2, 0.25) is 0 Å². The number of hydrogen-bond acceptors (Lipinski definition) is 5. The molecule has 5 nitrogen and oxygen atoms in total. The molecule has 10 rings (SSSR count). The van der Waals surface area contributed by atoms with Crippen molar-refractivity contribution >= 4 is 10.9 Å². The van der Waals surface area contributed by atoms with E-state index in [1.165, 1.54) is 22.3 Å². The smallest absolute Gasteiger partial charge is 0.164 e. The Labute approximate surface area is 331 Å². The van der Waals surface area contributed by atoms with E-state index in [0.717, 1.165) is 61.0 Å². The molecular weight excluding hydrogens is 695 g/mol. The normalized spacial score (nSPS) is 12.5. The Hall–Kier alpha value is -7.55. The summed E-state index contributed by atoms with van der Waals surface area (Å²) < 4.78 is 0. The van der Waals surface area contributed by atoms with Gasteiger partial charge in [-0.15, -0.1) is 0 Å². The number of nitrogens with zero attached hydrogens (tertiary/aromatic N) is 5. The van der Waals surface area contributed by atoms with E-state index in [9.17, 15) is 5.26 Å². The molecule has 9 aromatic rings. The Kier molecular flexibility index (Phi) is 8.13. The van der Waals surface area contributed by atoms with E-state index in [1.807, 2.05) is 72.9 Å². The molecule has 0 atom stereocenters. The molecule has 0 unspecified atom stereocenters. The zero-order valence-corrected chi connectivity index (χ0v) is 31.5. The third-order valence-corrected chi connectivity index (χ3v) is 11.2. The summed E-state index contributed by atoms with van der Waals surface area (Å²) in [6.07, 6.45) is 1.95. The van der Waals surface area contributed by atoms with Gasteiger partial charge >= 0.3 is 0 Å². The molecule has 1 aliphatic carbocycles. The maximum Gasteiger partial charge on any atom is 0.164 e. The van der Waals surface area contributed by atoms with Gasteiger partial charge in [0.05, 0.1) is 17.1 Å². The van der Waals surface area contributed by atoms with Gasteiger partial charge in [-0.1, -0.05) is 135 Å². The van der Waals surface area contributed by atoms with Crippen LogP contribution in [-0.2, 0) is 5.41 Å². The molecule has 0 aliphatic heterocycles. The Morgan fingerprint density at radius 3 is 1.63 bits per heavy atom. The quantitative estimate of drug-likeness (QED) is 0.170. The summed E-state index contributed by atoms with van der Waals surface area (Å²) in [6, 6.07) is 61.0. The van der Waals surface area contributed by atoms with Gasteiger partial charge < -0.3 is 0 Å². The van der Waals surface area contributed by atoms with Gasteiger partial charge in [0.15, 0.2) is 17.5 Å². The molecule has 7 aromatic carbocycles. The Morgan fingerprint density at radius 2 is 0.930 bits per heavy atom. The first-order valence-corrected chi connectivity index (χ1v) is 19.1. The Balaban J connectivity index is 1.15. The van der Waals surface area contributed by atoms with Crippen LogP contribution in [0.2, 0.25) is 0 Å². The number of fused-ring (bicyclic) bond motifs is 4. The average Bonchev–Trinajstić information content (AvgIpc) is 3.51. The van der Waals surface area contributed by atoms with Gasteiger partial charge in [-0.3, -0.25) is 4.98 Å². The molecule has 2 aromatic heterocycles. The lowest BCUT2D eigenvalue weighted by Crippen LogP contribution is -2.15. The van der Waals surface area contributed by atoms with Crippen molar-refractivity contribution in [1.82, 2.24) is 19.9 Å². The molecule has 0 saturated carbocycles. The first-order chi connectivity index (χ1) is 27.9. The topological polar surface area (TPSA) is 75.3 Å². The number of aromatic nitrogens is 4. The number of nitriles is 1. The van der Waals surface area contributed by atoms with Gasteiger partial charge in [0.1, 0.15) is 0 Å². The number of benzene rings is 7. The highest BCUT2D eigenvalue weighted by Gasteiger charge is 2.36. The number of rotatable bonds is 6. The van der Waals surface area contributed by atoms with Crippen LogP contribution in [0.3, 0.4) is 0 Å². The first kappa shape index (κ1) is 34.0.